The number of nitrogens with one attached hydrogen (secondary N) is 1. The van der Waals surface area contributed by atoms with Crippen LogP contribution in [-0.2, 0) is 13.0 Å². The average molecular weight is 430 g/mol. The average Bonchev–Trinajstić information content (AvgIpc) is 2.80. The first-order valence-corrected chi connectivity index (χ1v) is 10.9. The van der Waals surface area contributed by atoms with E-state index in [2.05, 4.69) is 17.4 Å². The van der Waals surface area contributed by atoms with E-state index in [9.17, 15) is 14.9 Å². The number of non-ortho nitro benzene ring substituents is 1. The smallest absolute Gasteiger partial charge is 0.313 e. The van der Waals surface area contributed by atoms with E-state index in [0.717, 1.165) is 41.6 Å². The number of benzene rings is 3. The number of aryl methyl sites for hydroxylation is 3. The van der Waals surface area contributed by atoms with E-state index in [1.165, 1.54) is 23.3 Å². The number of carbonyl (C=O) groups is 1. The van der Waals surface area contributed by atoms with Crippen molar-refractivity contribution in [2.75, 3.05) is 5.32 Å². The van der Waals surface area contributed by atoms with E-state index in [-0.39, 0.29) is 17.8 Å². The molecule has 0 aromatic heterocycles. The third-order valence-corrected chi connectivity index (χ3v) is 6.19. The van der Waals surface area contributed by atoms with Crippen molar-refractivity contribution in [1.29, 1.82) is 0 Å². The Morgan fingerprint density at radius 1 is 1.03 bits per heavy atom. The van der Waals surface area contributed by atoms with E-state index >= 15 is 0 Å². The summed E-state index contributed by atoms with van der Waals surface area (Å²) >= 11 is 0. The Hall–Kier alpha value is -3.67. The number of rotatable bonds is 5. The van der Waals surface area contributed by atoms with Crippen LogP contribution in [0.5, 0.6) is 0 Å². The van der Waals surface area contributed by atoms with Crippen molar-refractivity contribution in [1.82, 2.24) is 4.90 Å². The van der Waals surface area contributed by atoms with Crippen molar-refractivity contribution in [2.24, 2.45) is 0 Å². The second-order valence-corrected chi connectivity index (χ2v) is 8.36. The Bertz CT molecular complexity index is 1120. The summed E-state index contributed by atoms with van der Waals surface area (Å²) < 4.78 is 0. The minimum atomic E-state index is -0.410. The molecule has 164 valence electrons. The molecule has 0 fully saturated rings. The first-order chi connectivity index (χ1) is 15.4. The molecule has 0 saturated carbocycles. The molecule has 1 aliphatic rings. The first kappa shape index (κ1) is 21.6. The van der Waals surface area contributed by atoms with E-state index in [4.69, 9.17) is 0 Å². The molecule has 1 N–H and O–H groups in total. The van der Waals surface area contributed by atoms with Gasteiger partial charge in [-0.1, -0.05) is 54.6 Å². The summed E-state index contributed by atoms with van der Waals surface area (Å²) in [5.74, 6) is 0. The zero-order valence-electron chi connectivity index (χ0n) is 18.4. The fourth-order valence-corrected chi connectivity index (χ4v) is 4.49. The van der Waals surface area contributed by atoms with Crippen LogP contribution in [0.15, 0.2) is 66.7 Å². The van der Waals surface area contributed by atoms with Crippen molar-refractivity contribution < 1.29 is 9.72 Å². The van der Waals surface area contributed by atoms with Gasteiger partial charge in [0.25, 0.3) is 5.69 Å². The predicted molar refractivity (Wildman–Crippen MR) is 126 cm³/mol. The van der Waals surface area contributed by atoms with Crippen molar-refractivity contribution in [3.05, 3.63) is 105 Å². The van der Waals surface area contributed by atoms with Gasteiger partial charge in [0.05, 0.1) is 11.0 Å². The summed E-state index contributed by atoms with van der Waals surface area (Å²) in [5.41, 5.74) is 6.21. The zero-order chi connectivity index (χ0) is 22.7. The normalized spacial score (nSPS) is 15.0. The Morgan fingerprint density at radius 3 is 2.41 bits per heavy atom. The number of anilines is 1. The van der Waals surface area contributed by atoms with E-state index in [1.54, 1.807) is 12.1 Å². The molecule has 3 aromatic carbocycles. The monoisotopic (exact) mass is 429 g/mol. The first-order valence-electron chi connectivity index (χ1n) is 10.9. The van der Waals surface area contributed by atoms with Crippen LogP contribution in [0.3, 0.4) is 0 Å². The molecule has 1 aliphatic carbocycles. The van der Waals surface area contributed by atoms with Crippen molar-refractivity contribution in [2.45, 2.75) is 45.7 Å². The molecule has 6 heteroatoms. The van der Waals surface area contributed by atoms with Gasteiger partial charge in [-0.25, -0.2) is 4.79 Å². The zero-order valence-corrected chi connectivity index (χ0v) is 18.4. The predicted octanol–water partition coefficient (Wildman–Crippen LogP) is 6.32. The van der Waals surface area contributed by atoms with Gasteiger partial charge in [-0.3, -0.25) is 10.1 Å². The Labute approximate surface area is 188 Å². The highest BCUT2D eigenvalue weighted by Crippen LogP contribution is 2.36. The van der Waals surface area contributed by atoms with Gasteiger partial charge < -0.3 is 10.2 Å². The number of nitro groups is 1. The van der Waals surface area contributed by atoms with Gasteiger partial charge in [-0.2, -0.15) is 0 Å². The molecule has 4 rings (SSSR count). The fraction of sp³-hybridized carbons (Fsp3) is 0.269. The Morgan fingerprint density at radius 2 is 1.72 bits per heavy atom. The standard InChI is InChI=1S/C26H27N3O3/c1-18-7-5-8-19(2)25(18)27-26(30)28(17-20-13-15-22(16-14-20)29(31)32)24-12-6-10-21-9-3-4-11-23(21)24/h3-5,7-9,11,13-16,24H,6,10,12,17H2,1-2H3,(H,27,30). The van der Waals surface area contributed by atoms with Crippen molar-refractivity contribution in [3.8, 4) is 0 Å². The van der Waals surface area contributed by atoms with Crippen LogP contribution in [0.1, 0.15) is 46.7 Å². The van der Waals surface area contributed by atoms with E-state index in [1.807, 2.05) is 49.1 Å². The highest BCUT2D eigenvalue weighted by atomic mass is 16.6. The summed E-state index contributed by atoms with van der Waals surface area (Å²) in [6.45, 7) is 4.34. The molecule has 0 aliphatic heterocycles. The maximum absolute atomic E-state index is 13.6. The lowest BCUT2D eigenvalue weighted by Gasteiger charge is -2.36. The lowest BCUT2D eigenvalue weighted by molar-refractivity contribution is -0.384. The molecular weight excluding hydrogens is 402 g/mol. The largest absolute Gasteiger partial charge is 0.322 e. The lowest BCUT2D eigenvalue weighted by Crippen LogP contribution is -2.39. The van der Waals surface area contributed by atoms with Crippen molar-refractivity contribution in [3.63, 3.8) is 0 Å². The Balaban J connectivity index is 1.68. The van der Waals surface area contributed by atoms with Crippen LogP contribution in [0.25, 0.3) is 0 Å². The highest BCUT2D eigenvalue weighted by Gasteiger charge is 2.30. The van der Waals surface area contributed by atoms with Crippen molar-refractivity contribution >= 4 is 17.4 Å². The number of hydrogen-bond acceptors (Lipinski definition) is 3. The molecule has 0 radical (unpaired) electrons. The maximum atomic E-state index is 13.6. The SMILES string of the molecule is Cc1cccc(C)c1NC(=O)N(Cc1ccc([N+](=O)[O-])cc1)C1CCCc2ccccc21. The fourth-order valence-electron chi connectivity index (χ4n) is 4.49. The maximum Gasteiger partial charge on any atom is 0.322 e. The van der Waals surface area contributed by atoms with Crippen LogP contribution < -0.4 is 5.32 Å². The van der Waals surface area contributed by atoms with E-state index < -0.39 is 4.92 Å². The third-order valence-electron chi connectivity index (χ3n) is 6.19. The van der Waals surface area contributed by atoms with Crippen LogP contribution >= 0.6 is 0 Å². The molecule has 0 saturated heterocycles. The molecular formula is C26H27N3O3. The number of fused-ring (bicyclic) bond motifs is 1. The quantitative estimate of drug-likeness (QED) is 0.381. The second-order valence-electron chi connectivity index (χ2n) is 8.36. The van der Waals surface area contributed by atoms with Gasteiger partial charge in [0.2, 0.25) is 0 Å². The van der Waals surface area contributed by atoms with Gasteiger partial charge >= 0.3 is 6.03 Å². The van der Waals surface area contributed by atoms with Crippen LogP contribution in [0, 0.1) is 24.0 Å². The lowest BCUT2D eigenvalue weighted by atomic mass is 9.86. The van der Waals surface area contributed by atoms with Gasteiger partial charge in [0.15, 0.2) is 0 Å². The minimum absolute atomic E-state index is 0.0447. The molecule has 0 heterocycles. The molecule has 32 heavy (non-hydrogen) atoms. The molecule has 2 amide bonds. The number of nitrogens with zero attached hydrogens (tertiary/aromatic N) is 2. The number of nitro benzene ring substituents is 1. The van der Waals surface area contributed by atoms with Gasteiger partial charge in [0, 0.05) is 24.4 Å². The van der Waals surface area contributed by atoms with Gasteiger partial charge in [-0.15, -0.1) is 0 Å². The molecule has 1 unspecified atom stereocenters. The third kappa shape index (κ3) is 4.49. The molecule has 6 nitrogen and oxygen atoms in total. The molecule has 0 bridgehead atoms. The molecule has 0 spiro atoms. The summed E-state index contributed by atoms with van der Waals surface area (Å²) in [4.78, 5) is 26.1. The number of amides is 2. The minimum Gasteiger partial charge on any atom is -0.313 e. The summed E-state index contributed by atoms with van der Waals surface area (Å²) in [6.07, 6.45) is 2.90. The molecule has 1 atom stereocenters. The van der Waals surface area contributed by atoms with Gasteiger partial charge in [-0.05, 0) is 60.9 Å². The number of urea groups is 1. The van der Waals surface area contributed by atoms with Crippen LogP contribution in [0.2, 0.25) is 0 Å². The number of hydrogen-bond donors (Lipinski definition) is 1. The summed E-state index contributed by atoms with van der Waals surface area (Å²) in [5, 5.41) is 14.2. The molecule has 3 aromatic rings. The topological polar surface area (TPSA) is 75.5 Å². The number of para-hydroxylation sites is 1. The van der Waals surface area contributed by atoms with Crippen LogP contribution in [0.4, 0.5) is 16.2 Å². The summed E-state index contributed by atoms with van der Waals surface area (Å²) in [6, 6.07) is 20.5. The second kappa shape index (κ2) is 9.22. The Kier molecular flexibility index (Phi) is 6.21. The summed E-state index contributed by atoms with van der Waals surface area (Å²) in [7, 11) is 0. The van der Waals surface area contributed by atoms with Gasteiger partial charge in [0.1, 0.15) is 0 Å². The van der Waals surface area contributed by atoms with Crippen LogP contribution in [-0.4, -0.2) is 15.9 Å². The van der Waals surface area contributed by atoms with E-state index in [0.29, 0.717) is 6.54 Å². The highest BCUT2D eigenvalue weighted by molar-refractivity contribution is 5.91. The number of carbonyl (C=O) groups excluding carboxylic acids is 1.